The van der Waals surface area contributed by atoms with Crippen LogP contribution in [-0.2, 0) is 11.3 Å². The van der Waals surface area contributed by atoms with Crippen molar-refractivity contribution in [3.8, 4) is 0 Å². The molecule has 0 bridgehead atoms. The Hall–Kier alpha value is -1.63. The van der Waals surface area contributed by atoms with Gasteiger partial charge >= 0.3 is 12.1 Å². The van der Waals surface area contributed by atoms with Crippen LogP contribution in [0.5, 0.6) is 0 Å². The van der Waals surface area contributed by atoms with Crippen molar-refractivity contribution < 1.29 is 27.1 Å². The van der Waals surface area contributed by atoms with E-state index in [1.165, 1.54) is 19.1 Å². The monoisotopic (exact) mass is 293 g/mol. The van der Waals surface area contributed by atoms with Gasteiger partial charge in [-0.1, -0.05) is 6.07 Å². The van der Waals surface area contributed by atoms with Crippen molar-refractivity contribution >= 4 is 5.97 Å². The van der Waals surface area contributed by atoms with Crippen molar-refractivity contribution in [2.24, 2.45) is 0 Å². The largest absolute Gasteiger partial charge is 0.465 e. The SMILES string of the molecule is COC(=O)c1ccc(CNC(C)CC(F)(F)F)cc1F. The molecule has 0 saturated carbocycles. The van der Waals surface area contributed by atoms with E-state index in [4.69, 9.17) is 0 Å². The van der Waals surface area contributed by atoms with Gasteiger partial charge in [-0.25, -0.2) is 9.18 Å². The van der Waals surface area contributed by atoms with Crippen LogP contribution in [0.2, 0.25) is 0 Å². The average molecular weight is 293 g/mol. The summed E-state index contributed by atoms with van der Waals surface area (Å²) in [7, 11) is 1.13. The summed E-state index contributed by atoms with van der Waals surface area (Å²) in [5, 5.41) is 2.64. The Labute approximate surface area is 113 Å². The van der Waals surface area contributed by atoms with E-state index in [0.717, 1.165) is 13.2 Å². The third-order valence-electron chi connectivity index (χ3n) is 2.63. The predicted octanol–water partition coefficient (Wildman–Crippen LogP) is 3.04. The quantitative estimate of drug-likeness (QED) is 0.670. The summed E-state index contributed by atoms with van der Waals surface area (Å²) >= 11 is 0. The Morgan fingerprint density at radius 3 is 2.55 bits per heavy atom. The number of alkyl halides is 3. The minimum absolute atomic E-state index is 0.0790. The summed E-state index contributed by atoms with van der Waals surface area (Å²) in [6.45, 7) is 1.47. The van der Waals surface area contributed by atoms with E-state index >= 15 is 0 Å². The van der Waals surface area contributed by atoms with E-state index in [2.05, 4.69) is 10.1 Å². The number of rotatable bonds is 5. The molecule has 7 heteroatoms. The molecule has 0 fully saturated rings. The lowest BCUT2D eigenvalue weighted by molar-refractivity contribution is -0.139. The van der Waals surface area contributed by atoms with Crippen LogP contribution in [0, 0.1) is 5.82 Å². The van der Waals surface area contributed by atoms with Crippen LogP contribution < -0.4 is 5.32 Å². The molecule has 0 amide bonds. The van der Waals surface area contributed by atoms with Crippen LogP contribution in [0.3, 0.4) is 0 Å². The number of hydrogen-bond acceptors (Lipinski definition) is 3. The molecular weight excluding hydrogens is 278 g/mol. The van der Waals surface area contributed by atoms with E-state index in [1.807, 2.05) is 0 Å². The Bertz CT molecular complexity index is 474. The minimum atomic E-state index is -4.24. The highest BCUT2D eigenvalue weighted by Gasteiger charge is 2.29. The number of ether oxygens (including phenoxy) is 1. The molecule has 3 nitrogen and oxygen atoms in total. The molecule has 0 saturated heterocycles. The van der Waals surface area contributed by atoms with Crippen LogP contribution in [0.1, 0.15) is 29.3 Å². The van der Waals surface area contributed by atoms with E-state index in [9.17, 15) is 22.4 Å². The second kappa shape index (κ2) is 6.69. The molecule has 1 aromatic carbocycles. The van der Waals surface area contributed by atoms with Crippen LogP contribution in [0.4, 0.5) is 17.6 Å². The van der Waals surface area contributed by atoms with E-state index < -0.39 is 30.4 Å². The first-order valence-corrected chi connectivity index (χ1v) is 5.90. The van der Waals surface area contributed by atoms with Crippen molar-refractivity contribution in [1.29, 1.82) is 0 Å². The van der Waals surface area contributed by atoms with Gasteiger partial charge in [0, 0.05) is 12.6 Å². The lowest BCUT2D eigenvalue weighted by atomic mass is 10.1. The normalized spacial score (nSPS) is 13.1. The molecule has 1 N–H and O–H groups in total. The fourth-order valence-corrected chi connectivity index (χ4v) is 1.66. The van der Waals surface area contributed by atoms with Gasteiger partial charge in [0.2, 0.25) is 0 Å². The zero-order valence-electron chi connectivity index (χ0n) is 11.1. The van der Waals surface area contributed by atoms with Crippen LogP contribution in [0.25, 0.3) is 0 Å². The highest BCUT2D eigenvalue weighted by Crippen LogP contribution is 2.21. The van der Waals surface area contributed by atoms with Crippen LogP contribution >= 0.6 is 0 Å². The molecule has 1 aromatic rings. The summed E-state index contributed by atoms with van der Waals surface area (Å²) < 4.78 is 54.3. The third-order valence-corrected chi connectivity index (χ3v) is 2.63. The average Bonchev–Trinajstić information content (AvgIpc) is 2.33. The molecule has 0 radical (unpaired) electrons. The van der Waals surface area contributed by atoms with E-state index in [-0.39, 0.29) is 12.1 Å². The topological polar surface area (TPSA) is 38.3 Å². The van der Waals surface area contributed by atoms with Gasteiger partial charge in [-0.2, -0.15) is 13.2 Å². The number of halogens is 4. The smallest absolute Gasteiger partial charge is 0.390 e. The first-order valence-electron chi connectivity index (χ1n) is 5.90. The number of carbonyl (C=O) groups is 1. The van der Waals surface area contributed by atoms with Crippen molar-refractivity contribution in [3.05, 3.63) is 35.1 Å². The Morgan fingerprint density at radius 1 is 1.40 bits per heavy atom. The maximum absolute atomic E-state index is 13.6. The zero-order valence-corrected chi connectivity index (χ0v) is 11.1. The number of nitrogens with one attached hydrogen (secondary N) is 1. The second-order valence-corrected chi connectivity index (χ2v) is 4.41. The number of esters is 1. The van der Waals surface area contributed by atoms with Crippen LogP contribution in [0.15, 0.2) is 18.2 Å². The Balaban J connectivity index is 2.62. The van der Waals surface area contributed by atoms with E-state index in [0.29, 0.717) is 5.56 Å². The number of methoxy groups -OCH3 is 1. The highest BCUT2D eigenvalue weighted by atomic mass is 19.4. The van der Waals surface area contributed by atoms with Crippen molar-refractivity contribution in [2.75, 3.05) is 7.11 Å². The fraction of sp³-hybridized carbons (Fsp3) is 0.462. The summed E-state index contributed by atoms with van der Waals surface area (Å²) in [5.74, 6) is -1.56. The van der Waals surface area contributed by atoms with E-state index in [1.54, 1.807) is 0 Å². The van der Waals surface area contributed by atoms with Gasteiger partial charge in [0.25, 0.3) is 0 Å². The maximum atomic E-state index is 13.6. The molecule has 0 aliphatic carbocycles. The molecule has 20 heavy (non-hydrogen) atoms. The highest BCUT2D eigenvalue weighted by molar-refractivity contribution is 5.89. The summed E-state index contributed by atoms with van der Waals surface area (Å²) in [4.78, 5) is 11.2. The molecule has 1 atom stereocenters. The first-order chi connectivity index (χ1) is 9.23. The molecule has 1 rings (SSSR count). The van der Waals surface area contributed by atoms with Crippen molar-refractivity contribution in [3.63, 3.8) is 0 Å². The molecule has 0 aliphatic rings. The molecule has 112 valence electrons. The third kappa shape index (κ3) is 5.16. The molecule has 0 spiro atoms. The van der Waals surface area contributed by atoms with Gasteiger partial charge in [-0.15, -0.1) is 0 Å². The van der Waals surface area contributed by atoms with Gasteiger partial charge in [-0.05, 0) is 24.6 Å². The standard InChI is InChI=1S/C13H15F4NO2/c1-8(6-13(15,16)17)18-7-9-3-4-10(11(14)5-9)12(19)20-2/h3-5,8,18H,6-7H2,1-2H3. The molecule has 1 unspecified atom stereocenters. The molecule has 0 heterocycles. The second-order valence-electron chi connectivity index (χ2n) is 4.41. The Morgan fingerprint density at radius 2 is 2.05 bits per heavy atom. The maximum Gasteiger partial charge on any atom is 0.390 e. The molecule has 0 aromatic heterocycles. The number of carbonyl (C=O) groups excluding carboxylic acids is 1. The number of benzene rings is 1. The van der Waals surface area contributed by atoms with Gasteiger partial charge in [-0.3, -0.25) is 0 Å². The zero-order chi connectivity index (χ0) is 15.3. The Kier molecular flexibility index (Phi) is 5.50. The minimum Gasteiger partial charge on any atom is -0.465 e. The van der Waals surface area contributed by atoms with Crippen LogP contribution in [-0.4, -0.2) is 25.3 Å². The predicted molar refractivity (Wildman–Crippen MR) is 64.7 cm³/mol. The molecule has 0 aliphatic heterocycles. The lowest BCUT2D eigenvalue weighted by Gasteiger charge is -2.16. The van der Waals surface area contributed by atoms with Gasteiger partial charge in [0.1, 0.15) is 5.82 Å². The summed E-state index contributed by atoms with van der Waals surface area (Å²) in [6, 6.07) is 3.02. The molecular formula is C13H15F4NO2. The lowest BCUT2D eigenvalue weighted by Crippen LogP contribution is -2.30. The van der Waals surface area contributed by atoms with Crippen molar-refractivity contribution in [1.82, 2.24) is 5.32 Å². The number of hydrogen-bond donors (Lipinski definition) is 1. The van der Waals surface area contributed by atoms with Gasteiger partial charge in [0.05, 0.1) is 19.1 Å². The fourth-order valence-electron chi connectivity index (χ4n) is 1.66. The van der Waals surface area contributed by atoms with Gasteiger partial charge in [0.15, 0.2) is 0 Å². The van der Waals surface area contributed by atoms with Gasteiger partial charge < -0.3 is 10.1 Å². The first kappa shape index (κ1) is 16.4. The summed E-state index contributed by atoms with van der Waals surface area (Å²) in [6.07, 6.45) is -5.21. The van der Waals surface area contributed by atoms with Crippen molar-refractivity contribution in [2.45, 2.75) is 32.1 Å². The summed E-state index contributed by atoms with van der Waals surface area (Å²) in [5.41, 5.74) is 0.240.